The fourth-order valence-corrected chi connectivity index (χ4v) is 4.72. The maximum Gasteiger partial charge on any atom is 0.160 e. The number of pyridine rings is 3. The Bertz CT molecular complexity index is 1560. The molecule has 8 heteroatoms. The number of benzene rings is 1. The molecule has 0 spiro atoms. The van der Waals surface area contributed by atoms with Crippen molar-refractivity contribution in [3.8, 4) is 33.5 Å². The van der Waals surface area contributed by atoms with Crippen LogP contribution in [0.5, 0.6) is 0 Å². The van der Waals surface area contributed by atoms with Crippen LogP contribution in [0.1, 0.15) is 5.56 Å². The first-order chi connectivity index (χ1) is 18.1. The molecule has 0 bridgehead atoms. The molecule has 1 fully saturated rings. The van der Waals surface area contributed by atoms with Gasteiger partial charge in [0.15, 0.2) is 5.65 Å². The molecule has 0 atom stereocenters. The average Bonchev–Trinajstić information content (AvgIpc) is 3.42. The third kappa shape index (κ3) is 4.98. The van der Waals surface area contributed by atoms with Crippen molar-refractivity contribution in [1.29, 1.82) is 0 Å². The van der Waals surface area contributed by atoms with E-state index in [0.717, 1.165) is 72.6 Å². The summed E-state index contributed by atoms with van der Waals surface area (Å²) in [5.74, 6) is -0.310. The van der Waals surface area contributed by atoms with Gasteiger partial charge in [-0.3, -0.25) is 14.6 Å². The molecule has 1 aromatic carbocycles. The molecular weight excluding hydrogens is 467 g/mol. The van der Waals surface area contributed by atoms with Crippen LogP contribution in [0.25, 0.3) is 44.5 Å². The molecule has 1 aliphatic rings. The second-order valence-electron chi connectivity index (χ2n) is 9.32. The normalized spacial score (nSPS) is 14.3. The van der Waals surface area contributed by atoms with Crippen LogP contribution in [-0.4, -0.2) is 62.5 Å². The van der Waals surface area contributed by atoms with Crippen LogP contribution >= 0.6 is 0 Å². The molecule has 0 unspecified atom stereocenters. The first kappa shape index (κ1) is 23.4. The third-order valence-corrected chi connectivity index (χ3v) is 6.75. The molecule has 0 saturated carbocycles. The molecule has 0 aliphatic carbocycles. The lowest BCUT2D eigenvalue weighted by Crippen LogP contribution is -2.38. The summed E-state index contributed by atoms with van der Waals surface area (Å²) in [5.41, 5.74) is 6.32. The number of hydrogen-bond donors (Lipinski definition) is 0. The Labute approximate surface area is 214 Å². The average molecular weight is 495 g/mol. The molecule has 186 valence electrons. The summed E-state index contributed by atoms with van der Waals surface area (Å²) in [6.07, 6.45) is 9.30. The maximum absolute atomic E-state index is 14.8. The van der Waals surface area contributed by atoms with Gasteiger partial charge in [-0.15, -0.1) is 0 Å². The Hall–Kier alpha value is -4.01. The molecule has 6 rings (SSSR count). The van der Waals surface area contributed by atoms with Crippen LogP contribution in [0.15, 0.2) is 73.4 Å². The van der Waals surface area contributed by atoms with Crippen LogP contribution in [-0.2, 0) is 11.3 Å². The Kier molecular flexibility index (Phi) is 6.42. The van der Waals surface area contributed by atoms with Gasteiger partial charge in [-0.25, -0.2) is 14.4 Å². The second kappa shape index (κ2) is 10.2. The SMILES string of the molecule is Cc1ccc(F)c(-c2cc(-c3cncc(-c4cnn(CCN5CCOCC5)c4)c3)c3cccnc3n2)c1. The van der Waals surface area contributed by atoms with Gasteiger partial charge in [0.2, 0.25) is 0 Å². The fraction of sp³-hybridized carbons (Fsp3) is 0.241. The highest BCUT2D eigenvalue weighted by Crippen LogP contribution is 2.34. The van der Waals surface area contributed by atoms with E-state index in [1.165, 1.54) is 6.07 Å². The monoisotopic (exact) mass is 494 g/mol. The van der Waals surface area contributed by atoms with Gasteiger partial charge in [0.05, 0.1) is 31.6 Å². The number of aryl methyl sites for hydroxylation is 1. The van der Waals surface area contributed by atoms with E-state index in [4.69, 9.17) is 4.74 Å². The first-order valence-electron chi connectivity index (χ1n) is 12.4. The molecule has 0 N–H and O–H groups in total. The van der Waals surface area contributed by atoms with Gasteiger partial charge >= 0.3 is 0 Å². The van der Waals surface area contributed by atoms with Crippen molar-refractivity contribution in [2.24, 2.45) is 0 Å². The maximum atomic E-state index is 14.8. The summed E-state index contributed by atoms with van der Waals surface area (Å²) in [7, 11) is 0. The largest absolute Gasteiger partial charge is 0.379 e. The molecule has 5 heterocycles. The molecular formula is C29H27FN6O. The van der Waals surface area contributed by atoms with Crippen LogP contribution in [0.4, 0.5) is 4.39 Å². The van der Waals surface area contributed by atoms with Gasteiger partial charge in [0, 0.05) is 72.1 Å². The number of fused-ring (bicyclic) bond motifs is 1. The Morgan fingerprint density at radius 1 is 0.919 bits per heavy atom. The Morgan fingerprint density at radius 2 is 1.78 bits per heavy atom. The number of hydrogen-bond acceptors (Lipinski definition) is 6. The van der Waals surface area contributed by atoms with Crippen molar-refractivity contribution >= 4 is 11.0 Å². The highest BCUT2D eigenvalue weighted by atomic mass is 19.1. The second-order valence-corrected chi connectivity index (χ2v) is 9.32. The lowest BCUT2D eigenvalue weighted by molar-refractivity contribution is 0.0360. The molecule has 7 nitrogen and oxygen atoms in total. The smallest absolute Gasteiger partial charge is 0.160 e. The molecule has 0 amide bonds. The van der Waals surface area contributed by atoms with E-state index < -0.39 is 0 Å². The summed E-state index contributed by atoms with van der Waals surface area (Å²) >= 11 is 0. The molecule has 0 radical (unpaired) electrons. The van der Waals surface area contributed by atoms with Crippen molar-refractivity contribution in [2.75, 3.05) is 32.8 Å². The fourth-order valence-electron chi connectivity index (χ4n) is 4.72. The molecule has 37 heavy (non-hydrogen) atoms. The number of rotatable bonds is 6. The minimum absolute atomic E-state index is 0.310. The summed E-state index contributed by atoms with van der Waals surface area (Å²) in [6, 6.07) is 12.9. The van der Waals surface area contributed by atoms with E-state index >= 15 is 0 Å². The van der Waals surface area contributed by atoms with E-state index in [1.54, 1.807) is 12.3 Å². The van der Waals surface area contributed by atoms with E-state index in [1.807, 2.05) is 54.5 Å². The summed E-state index contributed by atoms with van der Waals surface area (Å²) in [4.78, 5) is 16.1. The van der Waals surface area contributed by atoms with Crippen LogP contribution in [0.2, 0.25) is 0 Å². The Balaban J connectivity index is 1.34. The van der Waals surface area contributed by atoms with E-state index in [0.29, 0.717) is 16.9 Å². The van der Waals surface area contributed by atoms with Crippen LogP contribution < -0.4 is 0 Å². The van der Waals surface area contributed by atoms with E-state index in [9.17, 15) is 4.39 Å². The number of morpholine rings is 1. The standard InChI is InChI=1S/C29H27FN6O/c1-20-4-5-27(30)26(13-20)28-15-25(24-3-2-6-32-29(24)34-28)22-14-21(16-31-17-22)23-18-33-36(19-23)8-7-35-9-11-37-12-10-35/h2-6,13-19H,7-12H2,1H3. The minimum Gasteiger partial charge on any atom is -0.379 e. The summed E-state index contributed by atoms with van der Waals surface area (Å²) in [6.45, 7) is 7.21. The highest BCUT2D eigenvalue weighted by Gasteiger charge is 2.15. The zero-order valence-electron chi connectivity index (χ0n) is 20.6. The number of halogens is 1. The van der Waals surface area contributed by atoms with Gasteiger partial charge in [-0.2, -0.15) is 5.10 Å². The summed E-state index contributed by atoms with van der Waals surface area (Å²) in [5, 5.41) is 5.46. The van der Waals surface area contributed by atoms with Crippen molar-refractivity contribution in [1.82, 2.24) is 29.6 Å². The zero-order valence-corrected chi connectivity index (χ0v) is 20.6. The number of nitrogens with zero attached hydrogens (tertiary/aromatic N) is 6. The topological polar surface area (TPSA) is 69.0 Å². The van der Waals surface area contributed by atoms with Crippen molar-refractivity contribution in [3.63, 3.8) is 0 Å². The van der Waals surface area contributed by atoms with E-state index in [-0.39, 0.29) is 5.82 Å². The van der Waals surface area contributed by atoms with Crippen molar-refractivity contribution in [3.05, 3.63) is 84.8 Å². The minimum atomic E-state index is -0.310. The van der Waals surface area contributed by atoms with Crippen molar-refractivity contribution in [2.45, 2.75) is 13.5 Å². The third-order valence-electron chi connectivity index (χ3n) is 6.75. The molecule has 4 aromatic heterocycles. The lowest BCUT2D eigenvalue weighted by Gasteiger charge is -2.26. The first-order valence-corrected chi connectivity index (χ1v) is 12.4. The summed E-state index contributed by atoms with van der Waals surface area (Å²) < 4.78 is 22.2. The number of aromatic nitrogens is 5. The van der Waals surface area contributed by atoms with Gasteiger partial charge in [-0.05, 0) is 48.9 Å². The highest BCUT2D eigenvalue weighted by molar-refractivity contribution is 5.95. The quantitative estimate of drug-likeness (QED) is 0.331. The van der Waals surface area contributed by atoms with Crippen LogP contribution in [0.3, 0.4) is 0 Å². The predicted octanol–water partition coefficient (Wildman–Crippen LogP) is 5.00. The van der Waals surface area contributed by atoms with Gasteiger partial charge in [0.25, 0.3) is 0 Å². The van der Waals surface area contributed by atoms with Crippen molar-refractivity contribution < 1.29 is 9.13 Å². The zero-order chi connectivity index (χ0) is 25.2. The predicted molar refractivity (Wildman–Crippen MR) is 141 cm³/mol. The van der Waals surface area contributed by atoms with Gasteiger partial charge < -0.3 is 4.74 Å². The van der Waals surface area contributed by atoms with Gasteiger partial charge in [0.1, 0.15) is 5.82 Å². The number of ether oxygens (including phenoxy) is 1. The molecule has 5 aromatic rings. The van der Waals surface area contributed by atoms with Gasteiger partial charge in [-0.1, -0.05) is 11.6 Å². The lowest BCUT2D eigenvalue weighted by atomic mass is 9.98. The van der Waals surface area contributed by atoms with E-state index in [2.05, 4.69) is 37.2 Å². The Morgan fingerprint density at radius 3 is 2.68 bits per heavy atom. The molecule has 1 aliphatic heterocycles. The molecule has 1 saturated heterocycles. The van der Waals surface area contributed by atoms with Crippen LogP contribution in [0, 0.1) is 12.7 Å².